The van der Waals surface area contributed by atoms with Gasteiger partial charge in [-0.2, -0.15) is 5.10 Å². The van der Waals surface area contributed by atoms with E-state index < -0.39 is 0 Å². The lowest BCUT2D eigenvalue weighted by molar-refractivity contribution is 0.237. The van der Waals surface area contributed by atoms with E-state index in [1.165, 1.54) is 32.4 Å². The third-order valence-electron chi connectivity index (χ3n) is 3.67. The molecule has 2 rings (SSSR count). The van der Waals surface area contributed by atoms with Crippen LogP contribution in [-0.4, -0.2) is 46.3 Å². The van der Waals surface area contributed by atoms with Gasteiger partial charge >= 0.3 is 0 Å². The SMILES string of the molecule is CCc1nnc(NCCN2CCCCC2)nc1CC. The number of piperidine rings is 1. The summed E-state index contributed by atoms with van der Waals surface area (Å²) in [6.45, 7) is 8.64. The lowest BCUT2D eigenvalue weighted by atomic mass is 10.1. The number of hydrogen-bond acceptors (Lipinski definition) is 5. The van der Waals surface area contributed by atoms with Crippen LogP contribution in [0.5, 0.6) is 0 Å². The van der Waals surface area contributed by atoms with Crippen LogP contribution in [0.15, 0.2) is 0 Å². The third-order valence-corrected chi connectivity index (χ3v) is 3.67. The Hall–Kier alpha value is -1.23. The maximum absolute atomic E-state index is 4.54. The van der Waals surface area contributed by atoms with Gasteiger partial charge in [-0.25, -0.2) is 4.98 Å². The molecule has 1 aliphatic heterocycles. The maximum atomic E-state index is 4.54. The highest BCUT2D eigenvalue weighted by atomic mass is 15.2. The van der Waals surface area contributed by atoms with Gasteiger partial charge in [0.15, 0.2) is 0 Å². The highest BCUT2D eigenvalue weighted by Gasteiger charge is 2.10. The summed E-state index contributed by atoms with van der Waals surface area (Å²) >= 11 is 0. The molecule has 19 heavy (non-hydrogen) atoms. The molecule has 106 valence electrons. The molecule has 5 heteroatoms. The first-order valence-electron chi connectivity index (χ1n) is 7.52. The van der Waals surface area contributed by atoms with Crippen LogP contribution in [0, 0.1) is 0 Å². The molecule has 1 saturated heterocycles. The molecule has 1 fully saturated rings. The van der Waals surface area contributed by atoms with Crippen LogP contribution in [-0.2, 0) is 12.8 Å². The van der Waals surface area contributed by atoms with Crippen molar-refractivity contribution in [2.75, 3.05) is 31.5 Å². The maximum Gasteiger partial charge on any atom is 0.243 e. The average Bonchev–Trinajstić information content (AvgIpc) is 2.48. The van der Waals surface area contributed by atoms with Crippen molar-refractivity contribution in [1.29, 1.82) is 0 Å². The second kappa shape index (κ2) is 7.38. The van der Waals surface area contributed by atoms with Crippen molar-refractivity contribution in [3.05, 3.63) is 11.4 Å². The first kappa shape index (κ1) is 14.2. The van der Waals surface area contributed by atoms with E-state index in [1.807, 2.05) is 0 Å². The molecule has 2 heterocycles. The van der Waals surface area contributed by atoms with Crippen LogP contribution in [0.4, 0.5) is 5.95 Å². The van der Waals surface area contributed by atoms with E-state index in [2.05, 4.69) is 39.2 Å². The van der Waals surface area contributed by atoms with Crippen molar-refractivity contribution in [2.45, 2.75) is 46.0 Å². The van der Waals surface area contributed by atoms with Gasteiger partial charge < -0.3 is 10.2 Å². The predicted octanol–water partition coefficient (Wildman–Crippen LogP) is 1.89. The first-order valence-corrected chi connectivity index (χ1v) is 7.52. The number of aromatic nitrogens is 3. The molecule has 0 aliphatic carbocycles. The van der Waals surface area contributed by atoms with Crippen LogP contribution in [0.1, 0.15) is 44.5 Å². The fourth-order valence-electron chi connectivity index (χ4n) is 2.52. The Balaban J connectivity index is 1.81. The summed E-state index contributed by atoms with van der Waals surface area (Å²) in [7, 11) is 0. The van der Waals surface area contributed by atoms with Crippen molar-refractivity contribution in [1.82, 2.24) is 20.1 Å². The number of nitrogens with one attached hydrogen (secondary N) is 1. The van der Waals surface area contributed by atoms with Gasteiger partial charge in [0.1, 0.15) is 0 Å². The summed E-state index contributed by atoms with van der Waals surface area (Å²) in [5.74, 6) is 0.672. The fourth-order valence-corrected chi connectivity index (χ4v) is 2.52. The van der Waals surface area contributed by atoms with Gasteiger partial charge in [-0.05, 0) is 38.8 Å². The third kappa shape index (κ3) is 4.13. The van der Waals surface area contributed by atoms with Crippen LogP contribution in [0.2, 0.25) is 0 Å². The van der Waals surface area contributed by atoms with E-state index in [0.717, 1.165) is 37.3 Å². The zero-order valence-electron chi connectivity index (χ0n) is 12.2. The molecule has 0 radical (unpaired) electrons. The molecule has 5 nitrogen and oxygen atoms in total. The van der Waals surface area contributed by atoms with Gasteiger partial charge in [0.05, 0.1) is 11.4 Å². The van der Waals surface area contributed by atoms with Crippen LogP contribution in [0.25, 0.3) is 0 Å². The summed E-state index contributed by atoms with van der Waals surface area (Å²) in [6, 6.07) is 0. The summed E-state index contributed by atoms with van der Waals surface area (Å²) < 4.78 is 0. The average molecular weight is 263 g/mol. The van der Waals surface area contributed by atoms with E-state index in [1.54, 1.807) is 0 Å². The minimum Gasteiger partial charge on any atom is -0.352 e. The number of anilines is 1. The minimum atomic E-state index is 0.672. The monoisotopic (exact) mass is 263 g/mol. The zero-order valence-corrected chi connectivity index (χ0v) is 12.2. The lowest BCUT2D eigenvalue weighted by Gasteiger charge is -2.26. The van der Waals surface area contributed by atoms with Gasteiger partial charge in [-0.3, -0.25) is 0 Å². The van der Waals surface area contributed by atoms with E-state index in [9.17, 15) is 0 Å². The van der Waals surface area contributed by atoms with Gasteiger partial charge in [-0.1, -0.05) is 20.3 Å². The molecule has 0 amide bonds. The van der Waals surface area contributed by atoms with Crippen LogP contribution in [0.3, 0.4) is 0 Å². The summed E-state index contributed by atoms with van der Waals surface area (Å²) in [5, 5.41) is 11.7. The number of nitrogens with zero attached hydrogens (tertiary/aromatic N) is 4. The second-order valence-corrected chi connectivity index (χ2v) is 5.06. The molecule has 0 aromatic carbocycles. The van der Waals surface area contributed by atoms with E-state index >= 15 is 0 Å². The van der Waals surface area contributed by atoms with Crippen molar-refractivity contribution >= 4 is 5.95 Å². The molecule has 1 aromatic heterocycles. The quantitative estimate of drug-likeness (QED) is 0.849. The van der Waals surface area contributed by atoms with Crippen LogP contribution >= 0.6 is 0 Å². The van der Waals surface area contributed by atoms with E-state index in [4.69, 9.17) is 0 Å². The molecule has 0 bridgehead atoms. The molecular formula is C14H25N5. The Morgan fingerprint density at radius 1 is 1.00 bits per heavy atom. The highest BCUT2D eigenvalue weighted by Crippen LogP contribution is 2.09. The van der Waals surface area contributed by atoms with Crippen molar-refractivity contribution in [3.63, 3.8) is 0 Å². The largest absolute Gasteiger partial charge is 0.352 e. The highest BCUT2D eigenvalue weighted by molar-refractivity contribution is 5.25. The van der Waals surface area contributed by atoms with Crippen molar-refractivity contribution in [2.24, 2.45) is 0 Å². The number of rotatable bonds is 6. The molecule has 0 unspecified atom stereocenters. The fraction of sp³-hybridized carbons (Fsp3) is 0.786. The molecular weight excluding hydrogens is 238 g/mol. The molecule has 0 spiro atoms. The summed E-state index contributed by atoms with van der Waals surface area (Å²) in [4.78, 5) is 7.05. The molecule has 1 aliphatic rings. The topological polar surface area (TPSA) is 53.9 Å². The standard InChI is InChI=1S/C14H25N5/c1-3-12-13(4-2)17-18-14(16-12)15-8-11-19-9-6-5-7-10-19/h3-11H2,1-2H3,(H,15,16,18). The van der Waals surface area contributed by atoms with E-state index in [-0.39, 0.29) is 0 Å². The Labute approximate surface area is 115 Å². The molecule has 1 aromatic rings. The van der Waals surface area contributed by atoms with Crippen molar-refractivity contribution in [3.8, 4) is 0 Å². The summed E-state index contributed by atoms with van der Waals surface area (Å²) in [6.07, 6.45) is 5.87. The summed E-state index contributed by atoms with van der Waals surface area (Å²) in [5.41, 5.74) is 2.09. The Kier molecular flexibility index (Phi) is 5.51. The minimum absolute atomic E-state index is 0.672. The van der Waals surface area contributed by atoms with Crippen LogP contribution < -0.4 is 5.32 Å². The smallest absolute Gasteiger partial charge is 0.243 e. The first-order chi connectivity index (χ1) is 9.33. The zero-order chi connectivity index (χ0) is 13.5. The number of aryl methyl sites for hydroxylation is 2. The van der Waals surface area contributed by atoms with Gasteiger partial charge in [-0.15, -0.1) is 5.10 Å². The predicted molar refractivity (Wildman–Crippen MR) is 77.4 cm³/mol. The van der Waals surface area contributed by atoms with Gasteiger partial charge in [0, 0.05) is 13.1 Å². The van der Waals surface area contributed by atoms with E-state index in [0.29, 0.717) is 5.95 Å². The molecule has 0 atom stereocenters. The molecule has 1 N–H and O–H groups in total. The van der Waals surface area contributed by atoms with Crippen molar-refractivity contribution < 1.29 is 0 Å². The number of hydrogen-bond donors (Lipinski definition) is 1. The number of likely N-dealkylation sites (tertiary alicyclic amines) is 1. The Morgan fingerprint density at radius 3 is 2.42 bits per heavy atom. The Bertz CT molecular complexity index is 387. The van der Waals surface area contributed by atoms with Gasteiger partial charge in [0.25, 0.3) is 0 Å². The Morgan fingerprint density at radius 2 is 1.74 bits per heavy atom. The lowest BCUT2D eigenvalue weighted by Crippen LogP contribution is -2.34. The van der Waals surface area contributed by atoms with Gasteiger partial charge in [0.2, 0.25) is 5.95 Å². The molecule has 0 saturated carbocycles. The second-order valence-electron chi connectivity index (χ2n) is 5.06. The normalized spacial score (nSPS) is 16.5.